The van der Waals surface area contributed by atoms with Gasteiger partial charge in [0.1, 0.15) is 5.56 Å². The summed E-state index contributed by atoms with van der Waals surface area (Å²) >= 11 is 7.96. The summed E-state index contributed by atoms with van der Waals surface area (Å²) < 4.78 is 0.992. The molecule has 2 aromatic carbocycles. The van der Waals surface area contributed by atoms with Gasteiger partial charge in [-0.3, -0.25) is 14.9 Å². The minimum Gasteiger partial charge on any atom is -0.322 e. The quantitative estimate of drug-likeness (QED) is 0.457. The molecule has 0 bridgehead atoms. The molecule has 108 valence electrons. The smallest absolute Gasteiger partial charge is 0.282 e. The summed E-state index contributed by atoms with van der Waals surface area (Å²) in [5.41, 5.74) is 1.31. The summed E-state index contributed by atoms with van der Waals surface area (Å²) in [6, 6.07) is 9.29. The lowest BCUT2D eigenvalue weighted by molar-refractivity contribution is -0.385. The number of amides is 1. The summed E-state index contributed by atoms with van der Waals surface area (Å²) in [7, 11) is 0. The van der Waals surface area contributed by atoms with Crippen LogP contribution < -0.4 is 5.32 Å². The molecule has 0 saturated carbocycles. The Labute approximate surface area is 139 Å². The zero-order valence-electron chi connectivity index (χ0n) is 10.9. The highest BCUT2D eigenvalue weighted by atomic mass is 127. The maximum absolute atomic E-state index is 12.2. The van der Waals surface area contributed by atoms with Crippen molar-refractivity contribution in [1.29, 1.82) is 0 Å². The average molecular weight is 417 g/mol. The van der Waals surface area contributed by atoms with Crippen molar-refractivity contribution in [2.75, 3.05) is 5.32 Å². The number of carbonyl (C=O) groups is 1. The number of nitrogens with zero attached hydrogens (tertiary/aromatic N) is 1. The number of nitro benzene ring substituents is 1. The molecule has 0 aliphatic rings. The lowest BCUT2D eigenvalue weighted by atomic mass is 10.1. The number of hydrogen-bond acceptors (Lipinski definition) is 3. The zero-order valence-corrected chi connectivity index (χ0v) is 13.8. The standard InChI is InChI=1S/C14H10ClIN2O3/c1-8-2-4-10(7-12(8)16)17-14(19)11-6-9(15)3-5-13(11)18(20)21/h2-7H,1H3,(H,17,19). The number of carbonyl (C=O) groups excluding carboxylic acids is 1. The molecule has 1 amide bonds. The molecular weight excluding hydrogens is 407 g/mol. The third kappa shape index (κ3) is 3.70. The molecule has 0 unspecified atom stereocenters. The number of halogens is 2. The predicted octanol–water partition coefficient (Wildman–Crippen LogP) is 4.41. The molecule has 21 heavy (non-hydrogen) atoms. The van der Waals surface area contributed by atoms with E-state index < -0.39 is 10.8 Å². The number of hydrogen-bond donors (Lipinski definition) is 1. The Morgan fingerprint density at radius 3 is 2.62 bits per heavy atom. The maximum Gasteiger partial charge on any atom is 0.282 e. The van der Waals surface area contributed by atoms with Crippen molar-refractivity contribution in [2.45, 2.75) is 6.92 Å². The lowest BCUT2D eigenvalue weighted by Crippen LogP contribution is -2.14. The van der Waals surface area contributed by atoms with Crippen LogP contribution >= 0.6 is 34.2 Å². The van der Waals surface area contributed by atoms with Crippen LogP contribution in [0.25, 0.3) is 0 Å². The van der Waals surface area contributed by atoms with E-state index in [1.165, 1.54) is 18.2 Å². The van der Waals surface area contributed by atoms with E-state index >= 15 is 0 Å². The Morgan fingerprint density at radius 1 is 1.29 bits per heavy atom. The van der Waals surface area contributed by atoms with Gasteiger partial charge >= 0.3 is 0 Å². The Balaban J connectivity index is 2.34. The summed E-state index contributed by atoms with van der Waals surface area (Å²) in [4.78, 5) is 22.6. The van der Waals surface area contributed by atoms with E-state index in [0.717, 1.165) is 9.13 Å². The summed E-state index contributed by atoms with van der Waals surface area (Å²) in [6.07, 6.45) is 0. The van der Waals surface area contributed by atoms with Crippen LogP contribution in [-0.4, -0.2) is 10.8 Å². The first kappa shape index (κ1) is 15.7. The minimum atomic E-state index is -0.607. The molecule has 0 atom stereocenters. The van der Waals surface area contributed by atoms with Crippen molar-refractivity contribution >= 4 is 51.5 Å². The lowest BCUT2D eigenvalue weighted by Gasteiger charge is -2.08. The molecule has 1 N–H and O–H groups in total. The minimum absolute atomic E-state index is 0.0666. The largest absolute Gasteiger partial charge is 0.322 e. The molecule has 0 aliphatic carbocycles. The molecule has 0 aliphatic heterocycles. The Kier molecular flexibility index (Phi) is 4.79. The molecule has 5 nitrogen and oxygen atoms in total. The van der Waals surface area contributed by atoms with Crippen molar-refractivity contribution in [2.24, 2.45) is 0 Å². The van der Waals surface area contributed by atoms with Crippen LogP contribution in [-0.2, 0) is 0 Å². The fraction of sp³-hybridized carbons (Fsp3) is 0.0714. The number of anilines is 1. The highest BCUT2D eigenvalue weighted by Gasteiger charge is 2.20. The first-order valence-corrected chi connectivity index (χ1v) is 7.35. The van der Waals surface area contributed by atoms with E-state index in [0.29, 0.717) is 5.69 Å². The number of nitro groups is 1. The number of benzene rings is 2. The Bertz CT molecular complexity index is 734. The molecule has 2 aromatic rings. The zero-order chi connectivity index (χ0) is 15.6. The van der Waals surface area contributed by atoms with E-state index in [9.17, 15) is 14.9 Å². The maximum atomic E-state index is 12.2. The second-order valence-electron chi connectivity index (χ2n) is 4.34. The highest BCUT2D eigenvalue weighted by Crippen LogP contribution is 2.24. The average Bonchev–Trinajstić information content (AvgIpc) is 2.42. The van der Waals surface area contributed by atoms with E-state index in [1.807, 2.05) is 13.0 Å². The molecular formula is C14H10ClIN2O3. The molecule has 0 spiro atoms. The third-order valence-electron chi connectivity index (χ3n) is 2.83. The predicted molar refractivity (Wildman–Crippen MR) is 90.0 cm³/mol. The molecule has 0 saturated heterocycles. The van der Waals surface area contributed by atoms with Crippen LogP contribution in [0, 0.1) is 20.6 Å². The van der Waals surface area contributed by atoms with Gasteiger partial charge in [-0.2, -0.15) is 0 Å². The molecule has 7 heteroatoms. The van der Waals surface area contributed by atoms with Crippen molar-refractivity contribution in [3.05, 3.63) is 66.2 Å². The van der Waals surface area contributed by atoms with Crippen molar-refractivity contribution < 1.29 is 9.72 Å². The van der Waals surface area contributed by atoms with Crippen molar-refractivity contribution in [3.63, 3.8) is 0 Å². The summed E-state index contributed by atoms with van der Waals surface area (Å²) in [6.45, 7) is 1.95. The Morgan fingerprint density at radius 2 is 2.00 bits per heavy atom. The number of nitrogens with one attached hydrogen (secondary N) is 1. The van der Waals surface area contributed by atoms with Crippen LogP contribution in [0.3, 0.4) is 0 Å². The van der Waals surface area contributed by atoms with Crippen molar-refractivity contribution in [1.82, 2.24) is 0 Å². The highest BCUT2D eigenvalue weighted by molar-refractivity contribution is 14.1. The van der Waals surface area contributed by atoms with Gasteiger partial charge in [-0.05, 0) is 59.3 Å². The van der Waals surface area contributed by atoms with Crippen molar-refractivity contribution in [3.8, 4) is 0 Å². The van der Waals surface area contributed by atoms with Gasteiger partial charge in [-0.15, -0.1) is 0 Å². The monoisotopic (exact) mass is 416 g/mol. The van der Waals surface area contributed by atoms with Gasteiger partial charge in [0.15, 0.2) is 0 Å². The molecule has 0 radical (unpaired) electrons. The second kappa shape index (κ2) is 6.40. The normalized spacial score (nSPS) is 10.2. The van der Waals surface area contributed by atoms with Crippen LogP contribution in [0.15, 0.2) is 36.4 Å². The van der Waals surface area contributed by atoms with Gasteiger partial charge in [0, 0.05) is 20.3 Å². The first-order chi connectivity index (χ1) is 9.88. The first-order valence-electron chi connectivity index (χ1n) is 5.90. The third-order valence-corrected chi connectivity index (χ3v) is 4.23. The Hall–Kier alpha value is -1.67. The van der Waals surface area contributed by atoms with E-state index in [-0.39, 0.29) is 16.3 Å². The van der Waals surface area contributed by atoms with Gasteiger partial charge < -0.3 is 5.32 Å². The topological polar surface area (TPSA) is 72.2 Å². The fourth-order valence-corrected chi connectivity index (χ4v) is 2.41. The van der Waals surface area contributed by atoms with E-state index in [4.69, 9.17) is 11.6 Å². The summed E-state index contributed by atoms with van der Waals surface area (Å²) in [5, 5.41) is 13.9. The van der Waals surface area contributed by atoms with Crippen LogP contribution in [0.4, 0.5) is 11.4 Å². The number of aryl methyl sites for hydroxylation is 1. The van der Waals surface area contributed by atoms with Gasteiger partial charge in [0.25, 0.3) is 11.6 Å². The van der Waals surface area contributed by atoms with E-state index in [2.05, 4.69) is 27.9 Å². The van der Waals surface area contributed by atoms with Gasteiger partial charge in [0.2, 0.25) is 0 Å². The SMILES string of the molecule is Cc1ccc(NC(=O)c2cc(Cl)ccc2[N+](=O)[O-])cc1I. The summed E-state index contributed by atoms with van der Waals surface area (Å²) in [5.74, 6) is -0.566. The second-order valence-corrected chi connectivity index (χ2v) is 5.94. The van der Waals surface area contributed by atoms with Crippen LogP contribution in [0.2, 0.25) is 5.02 Å². The van der Waals surface area contributed by atoms with Crippen LogP contribution in [0.1, 0.15) is 15.9 Å². The van der Waals surface area contributed by atoms with Gasteiger partial charge in [0.05, 0.1) is 4.92 Å². The number of rotatable bonds is 3. The molecule has 0 aromatic heterocycles. The van der Waals surface area contributed by atoms with E-state index in [1.54, 1.807) is 12.1 Å². The van der Waals surface area contributed by atoms with Crippen LogP contribution in [0.5, 0.6) is 0 Å². The van der Waals surface area contributed by atoms with Gasteiger partial charge in [-0.1, -0.05) is 17.7 Å². The fourth-order valence-electron chi connectivity index (χ4n) is 1.72. The molecule has 0 heterocycles. The van der Waals surface area contributed by atoms with Gasteiger partial charge in [-0.25, -0.2) is 0 Å². The molecule has 2 rings (SSSR count). The molecule has 0 fully saturated rings.